The summed E-state index contributed by atoms with van der Waals surface area (Å²) in [5.74, 6) is -1.09. The fourth-order valence-corrected chi connectivity index (χ4v) is 8.37. The molecule has 3 heteroatoms. The summed E-state index contributed by atoms with van der Waals surface area (Å²) >= 11 is 0. The van der Waals surface area contributed by atoms with E-state index in [2.05, 4.69) is 0 Å². The first-order valence-electron chi connectivity index (χ1n) is 9.90. The number of hydrogen-bond acceptors (Lipinski definition) is 2. The number of carboxylic acid groups (broad SMARTS) is 1. The maximum atomic E-state index is 12.8. The van der Waals surface area contributed by atoms with E-state index in [1.807, 2.05) is 121 Å². The van der Waals surface area contributed by atoms with Crippen LogP contribution in [0.15, 0.2) is 121 Å². The molecule has 4 rings (SSSR count). The lowest BCUT2D eigenvalue weighted by Gasteiger charge is -2.33. The van der Waals surface area contributed by atoms with Crippen molar-refractivity contribution in [3.63, 3.8) is 0 Å². The molecule has 0 saturated heterocycles. The van der Waals surface area contributed by atoms with Crippen LogP contribution in [-0.2, 0) is 11.2 Å². The third-order valence-electron chi connectivity index (χ3n) is 5.29. The van der Waals surface area contributed by atoms with Gasteiger partial charge in [0.2, 0.25) is 0 Å². The summed E-state index contributed by atoms with van der Waals surface area (Å²) in [5.41, 5.74) is 0.962. The summed E-state index contributed by atoms with van der Waals surface area (Å²) in [5, 5.41) is 16.2. The van der Waals surface area contributed by atoms with E-state index < -0.39 is 12.9 Å². The van der Waals surface area contributed by atoms with Gasteiger partial charge in [0.15, 0.2) is 0 Å². The number of carbonyl (C=O) groups excluding carboxylic acids is 1. The zero-order valence-electron chi connectivity index (χ0n) is 16.5. The molecule has 0 aromatic heterocycles. The van der Waals surface area contributed by atoms with Crippen molar-refractivity contribution in [3.05, 3.63) is 127 Å². The molecule has 4 aromatic rings. The molecule has 0 radical (unpaired) electrons. The molecule has 0 bridgehead atoms. The first-order valence-corrected chi connectivity index (χ1v) is 11.7. The molecule has 0 unspecified atom stereocenters. The SMILES string of the molecule is O=C([O-])C(Cc1ccccc1)=P(c1ccccc1)(c1ccccc1)c1ccccc1. The van der Waals surface area contributed by atoms with Crippen LogP contribution in [-0.4, -0.2) is 11.3 Å². The maximum Gasteiger partial charge on any atom is 0.0688 e. The van der Waals surface area contributed by atoms with E-state index >= 15 is 0 Å². The van der Waals surface area contributed by atoms with Crippen molar-refractivity contribution >= 4 is 34.1 Å². The van der Waals surface area contributed by atoms with E-state index in [4.69, 9.17) is 0 Å². The second-order valence-electron chi connectivity index (χ2n) is 7.07. The minimum Gasteiger partial charge on any atom is -0.545 e. The predicted molar refractivity (Wildman–Crippen MR) is 125 cm³/mol. The summed E-state index contributed by atoms with van der Waals surface area (Å²) < 4.78 is 0. The van der Waals surface area contributed by atoms with Gasteiger partial charge < -0.3 is 9.90 Å². The monoisotopic (exact) mass is 409 g/mol. The van der Waals surface area contributed by atoms with Gasteiger partial charge in [-0.05, 0) is 33.7 Å². The van der Waals surface area contributed by atoms with Gasteiger partial charge in [-0.1, -0.05) is 121 Å². The highest BCUT2D eigenvalue weighted by molar-refractivity contribution is 7.96. The Morgan fingerprint density at radius 2 is 0.900 bits per heavy atom. The van der Waals surface area contributed by atoms with Gasteiger partial charge in [0.05, 0.1) is 5.97 Å². The fourth-order valence-electron chi connectivity index (χ4n) is 3.99. The van der Waals surface area contributed by atoms with Crippen molar-refractivity contribution < 1.29 is 9.90 Å². The van der Waals surface area contributed by atoms with Gasteiger partial charge in [-0.2, -0.15) is 0 Å². The topological polar surface area (TPSA) is 40.1 Å². The Hall–Kier alpha value is -3.35. The Kier molecular flexibility index (Phi) is 5.97. The lowest BCUT2D eigenvalue weighted by Crippen LogP contribution is -2.40. The van der Waals surface area contributed by atoms with E-state index in [9.17, 15) is 9.90 Å². The maximum absolute atomic E-state index is 12.8. The molecule has 0 spiro atoms. The summed E-state index contributed by atoms with van der Waals surface area (Å²) in [6.07, 6.45) is 0.329. The van der Waals surface area contributed by atoms with Crippen LogP contribution in [0.3, 0.4) is 0 Å². The Morgan fingerprint density at radius 3 is 1.23 bits per heavy atom. The molecule has 0 heterocycles. The third-order valence-corrected chi connectivity index (χ3v) is 9.65. The van der Waals surface area contributed by atoms with E-state index in [-0.39, 0.29) is 0 Å². The molecule has 0 N–H and O–H groups in total. The van der Waals surface area contributed by atoms with Crippen molar-refractivity contribution in [2.75, 3.05) is 0 Å². The molecule has 30 heavy (non-hydrogen) atoms. The quantitative estimate of drug-likeness (QED) is 0.459. The normalized spacial score (nSPS) is 11.1. The fraction of sp³-hybridized carbons (Fsp3) is 0.0370. The van der Waals surface area contributed by atoms with Crippen LogP contribution in [0.4, 0.5) is 0 Å². The van der Waals surface area contributed by atoms with E-state index in [0.29, 0.717) is 11.7 Å². The van der Waals surface area contributed by atoms with Crippen LogP contribution in [0.1, 0.15) is 5.56 Å². The molecule has 2 nitrogen and oxygen atoms in total. The largest absolute Gasteiger partial charge is 0.545 e. The number of carboxylic acids is 1. The standard InChI is InChI=1S/C27H23O2P/c28-27(29)26(21-22-13-5-1-6-14-22)30(23-15-7-2-8-16-23,24-17-9-3-10-18-24)25-19-11-4-12-20-25/h1-20H,21H2,(H,28,29)/p-1. The van der Waals surface area contributed by atoms with Crippen LogP contribution >= 0.6 is 6.89 Å². The highest BCUT2D eigenvalue weighted by Crippen LogP contribution is 2.46. The van der Waals surface area contributed by atoms with E-state index in [1.54, 1.807) is 0 Å². The summed E-state index contributed by atoms with van der Waals surface area (Å²) in [6.45, 7) is -2.63. The number of aliphatic carboxylic acids is 1. The Bertz CT molecular complexity index is 1070. The van der Waals surface area contributed by atoms with Crippen molar-refractivity contribution in [2.24, 2.45) is 0 Å². The van der Waals surface area contributed by atoms with E-state index in [0.717, 1.165) is 21.5 Å². The third kappa shape index (κ3) is 3.75. The molecule has 4 aromatic carbocycles. The number of rotatable bonds is 6. The Balaban J connectivity index is 2.18. The smallest absolute Gasteiger partial charge is 0.0688 e. The van der Waals surface area contributed by atoms with Crippen molar-refractivity contribution in [1.82, 2.24) is 0 Å². The lowest BCUT2D eigenvalue weighted by molar-refractivity contribution is -0.293. The molecule has 0 aliphatic heterocycles. The van der Waals surface area contributed by atoms with Gasteiger partial charge in [-0.15, -0.1) is 0 Å². The van der Waals surface area contributed by atoms with Crippen LogP contribution in [0, 0.1) is 0 Å². The van der Waals surface area contributed by atoms with Gasteiger partial charge in [0, 0.05) is 6.42 Å². The van der Waals surface area contributed by atoms with Crippen LogP contribution < -0.4 is 21.0 Å². The molecular formula is C27H22O2P-. The second kappa shape index (κ2) is 8.98. The van der Waals surface area contributed by atoms with Gasteiger partial charge in [0.25, 0.3) is 0 Å². The average Bonchev–Trinajstić information content (AvgIpc) is 2.82. The summed E-state index contributed by atoms with van der Waals surface area (Å²) in [7, 11) is 0. The molecule has 0 amide bonds. The summed E-state index contributed by atoms with van der Waals surface area (Å²) in [4.78, 5) is 12.8. The zero-order valence-corrected chi connectivity index (χ0v) is 17.4. The molecule has 0 saturated carbocycles. The van der Waals surface area contributed by atoms with Gasteiger partial charge in [-0.25, -0.2) is 0 Å². The molecule has 0 atom stereocenters. The Labute approximate surface area is 177 Å². The zero-order chi connectivity index (χ0) is 20.8. The minimum absolute atomic E-state index is 0.329. The molecular weight excluding hydrogens is 387 g/mol. The van der Waals surface area contributed by atoms with Crippen LogP contribution in [0.2, 0.25) is 0 Å². The molecule has 0 fully saturated rings. The molecule has 0 aliphatic rings. The molecule has 0 aliphatic carbocycles. The highest BCUT2D eigenvalue weighted by atomic mass is 31.2. The average molecular weight is 409 g/mol. The van der Waals surface area contributed by atoms with Crippen LogP contribution in [0.5, 0.6) is 0 Å². The van der Waals surface area contributed by atoms with E-state index in [1.165, 1.54) is 0 Å². The number of benzene rings is 4. The van der Waals surface area contributed by atoms with Crippen molar-refractivity contribution in [2.45, 2.75) is 6.42 Å². The van der Waals surface area contributed by atoms with Crippen LogP contribution in [0.25, 0.3) is 0 Å². The Morgan fingerprint density at radius 1 is 0.567 bits per heavy atom. The van der Waals surface area contributed by atoms with Crippen molar-refractivity contribution in [1.29, 1.82) is 0 Å². The highest BCUT2D eigenvalue weighted by Gasteiger charge is 2.30. The minimum atomic E-state index is -2.63. The van der Waals surface area contributed by atoms with Gasteiger partial charge in [0.1, 0.15) is 0 Å². The van der Waals surface area contributed by atoms with Crippen molar-refractivity contribution in [3.8, 4) is 0 Å². The molecule has 148 valence electrons. The second-order valence-corrected chi connectivity index (χ2v) is 10.5. The van der Waals surface area contributed by atoms with Gasteiger partial charge in [-0.3, -0.25) is 0 Å². The lowest BCUT2D eigenvalue weighted by atomic mass is 10.1. The first-order chi connectivity index (χ1) is 14.7. The summed E-state index contributed by atoms with van der Waals surface area (Å²) in [6, 6.07) is 39.8. The first kappa shape index (κ1) is 19.9. The number of hydrogen-bond donors (Lipinski definition) is 0. The van der Waals surface area contributed by atoms with Gasteiger partial charge >= 0.3 is 0 Å². The predicted octanol–water partition coefficient (Wildman–Crippen LogP) is 3.15. The number of carbonyl (C=O) groups is 1.